The number of rotatable bonds is 7. The first-order valence-electron chi connectivity index (χ1n) is 9.98. The standard InChI is InChI=1S/C25H18ClN3O4/c26-20-10-5-17(6-11-20)16-33-24-14-9-18-3-1-2-4-22(18)23(24)15-27-28-25(30)19-7-12-21(13-8-19)29(31)32/h1-15H,16H2,(H,28,30)/b27-15+. The second kappa shape index (κ2) is 9.93. The van der Waals surface area contributed by atoms with Gasteiger partial charge in [-0.15, -0.1) is 0 Å². The van der Waals surface area contributed by atoms with Gasteiger partial charge in [0.25, 0.3) is 11.6 Å². The highest BCUT2D eigenvalue weighted by Crippen LogP contribution is 2.27. The Labute approximate surface area is 194 Å². The topological polar surface area (TPSA) is 93.8 Å². The lowest BCUT2D eigenvalue weighted by Crippen LogP contribution is -2.17. The largest absolute Gasteiger partial charge is 0.488 e. The van der Waals surface area contributed by atoms with E-state index in [-0.39, 0.29) is 11.3 Å². The molecule has 4 aromatic carbocycles. The van der Waals surface area contributed by atoms with Crippen LogP contribution in [0.5, 0.6) is 5.75 Å². The minimum absolute atomic E-state index is 0.0896. The van der Waals surface area contributed by atoms with Gasteiger partial charge in [0, 0.05) is 28.3 Å². The van der Waals surface area contributed by atoms with Crippen LogP contribution in [0.3, 0.4) is 0 Å². The van der Waals surface area contributed by atoms with Crippen LogP contribution in [0, 0.1) is 10.1 Å². The highest BCUT2D eigenvalue weighted by atomic mass is 35.5. The number of benzene rings is 4. The van der Waals surface area contributed by atoms with Crippen LogP contribution in [0.2, 0.25) is 5.02 Å². The van der Waals surface area contributed by atoms with Crippen LogP contribution in [-0.4, -0.2) is 17.0 Å². The summed E-state index contributed by atoms with van der Waals surface area (Å²) in [6.45, 7) is 0.339. The summed E-state index contributed by atoms with van der Waals surface area (Å²) in [6, 6.07) is 24.3. The van der Waals surface area contributed by atoms with Gasteiger partial charge in [-0.2, -0.15) is 5.10 Å². The van der Waals surface area contributed by atoms with E-state index < -0.39 is 10.8 Å². The predicted molar refractivity (Wildman–Crippen MR) is 128 cm³/mol. The molecule has 4 rings (SSSR count). The third-order valence-corrected chi connectivity index (χ3v) is 5.19. The lowest BCUT2D eigenvalue weighted by molar-refractivity contribution is -0.384. The molecule has 0 fully saturated rings. The number of hydrogen-bond donors (Lipinski definition) is 1. The zero-order valence-electron chi connectivity index (χ0n) is 17.3. The molecular weight excluding hydrogens is 442 g/mol. The number of hydrogen-bond acceptors (Lipinski definition) is 5. The Hall–Kier alpha value is -4.23. The molecule has 0 saturated carbocycles. The smallest absolute Gasteiger partial charge is 0.271 e. The fraction of sp³-hybridized carbons (Fsp3) is 0.0400. The molecule has 0 heterocycles. The summed E-state index contributed by atoms with van der Waals surface area (Å²) in [7, 11) is 0. The number of fused-ring (bicyclic) bond motifs is 1. The van der Waals surface area contributed by atoms with Crippen molar-refractivity contribution in [2.24, 2.45) is 5.10 Å². The molecule has 1 N–H and O–H groups in total. The lowest BCUT2D eigenvalue weighted by atomic mass is 10.0. The average molecular weight is 460 g/mol. The number of nitro benzene ring substituents is 1. The summed E-state index contributed by atoms with van der Waals surface area (Å²) in [5, 5.41) is 17.4. The van der Waals surface area contributed by atoms with E-state index in [1.165, 1.54) is 30.5 Å². The predicted octanol–water partition coefficient (Wildman–Crippen LogP) is 5.74. The van der Waals surface area contributed by atoms with Gasteiger partial charge >= 0.3 is 0 Å². The van der Waals surface area contributed by atoms with Crippen molar-refractivity contribution < 1.29 is 14.5 Å². The Balaban J connectivity index is 1.55. The fourth-order valence-electron chi connectivity index (χ4n) is 3.23. The molecule has 0 spiro atoms. The van der Waals surface area contributed by atoms with E-state index >= 15 is 0 Å². The molecule has 164 valence electrons. The molecule has 4 aromatic rings. The van der Waals surface area contributed by atoms with Crippen molar-refractivity contribution in [2.45, 2.75) is 6.61 Å². The van der Waals surface area contributed by atoms with Crippen molar-refractivity contribution in [1.82, 2.24) is 5.43 Å². The fourth-order valence-corrected chi connectivity index (χ4v) is 3.36. The van der Waals surface area contributed by atoms with Crippen LogP contribution in [0.1, 0.15) is 21.5 Å². The highest BCUT2D eigenvalue weighted by Gasteiger charge is 2.10. The Morgan fingerprint density at radius 2 is 1.73 bits per heavy atom. The number of non-ortho nitro benzene ring substituents is 1. The van der Waals surface area contributed by atoms with Gasteiger partial charge in [-0.3, -0.25) is 14.9 Å². The van der Waals surface area contributed by atoms with Gasteiger partial charge in [-0.25, -0.2) is 5.43 Å². The lowest BCUT2D eigenvalue weighted by Gasteiger charge is -2.12. The second-order valence-electron chi connectivity index (χ2n) is 7.12. The van der Waals surface area contributed by atoms with Gasteiger partial charge in [0.1, 0.15) is 12.4 Å². The molecule has 0 aliphatic rings. The molecule has 0 aromatic heterocycles. The molecule has 8 heteroatoms. The minimum atomic E-state index is -0.522. The van der Waals surface area contributed by atoms with Crippen molar-refractivity contribution in [1.29, 1.82) is 0 Å². The molecule has 33 heavy (non-hydrogen) atoms. The van der Waals surface area contributed by atoms with E-state index in [0.29, 0.717) is 22.9 Å². The van der Waals surface area contributed by atoms with Crippen molar-refractivity contribution in [2.75, 3.05) is 0 Å². The molecule has 0 atom stereocenters. The molecule has 7 nitrogen and oxygen atoms in total. The minimum Gasteiger partial charge on any atom is -0.488 e. The normalized spacial score (nSPS) is 10.9. The van der Waals surface area contributed by atoms with Crippen molar-refractivity contribution in [3.05, 3.63) is 117 Å². The number of nitrogens with one attached hydrogen (secondary N) is 1. The average Bonchev–Trinajstić information content (AvgIpc) is 2.84. The summed E-state index contributed by atoms with van der Waals surface area (Å²) in [5.74, 6) is 0.127. The van der Waals surface area contributed by atoms with Crippen LogP contribution < -0.4 is 10.2 Å². The van der Waals surface area contributed by atoms with Crippen LogP contribution in [-0.2, 0) is 6.61 Å². The monoisotopic (exact) mass is 459 g/mol. The maximum Gasteiger partial charge on any atom is 0.271 e. The van der Waals surface area contributed by atoms with Gasteiger partial charge in [-0.05, 0) is 46.7 Å². The first kappa shape index (κ1) is 22.0. The van der Waals surface area contributed by atoms with E-state index in [0.717, 1.165) is 16.3 Å². The Bertz CT molecular complexity index is 1340. The van der Waals surface area contributed by atoms with Gasteiger partial charge in [0.15, 0.2) is 0 Å². The Morgan fingerprint density at radius 3 is 2.45 bits per heavy atom. The summed E-state index contributed by atoms with van der Waals surface area (Å²) in [5.41, 5.74) is 4.30. The Morgan fingerprint density at radius 1 is 1.00 bits per heavy atom. The molecule has 0 aliphatic carbocycles. The quantitative estimate of drug-likeness (QED) is 0.216. The molecule has 0 aliphatic heterocycles. The number of hydrazone groups is 1. The zero-order valence-corrected chi connectivity index (χ0v) is 18.0. The van der Waals surface area contributed by atoms with E-state index in [1.807, 2.05) is 48.5 Å². The third kappa shape index (κ3) is 5.34. The van der Waals surface area contributed by atoms with Crippen LogP contribution in [0.4, 0.5) is 5.69 Å². The molecule has 1 amide bonds. The molecule has 0 radical (unpaired) electrons. The van der Waals surface area contributed by atoms with Gasteiger partial charge in [0.05, 0.1) is 11.1 Å². The van der Waals surface area contributed by atoms with Crippen molar-refractivity contribution in [3.63, 3.8) is 0 Å². The SMILES string of the molecule is O=C(N/N=C/c1c(OCc2ccc(Cl)cc2)ccc2ccccc12)c1ccc([N+](=O)[O-])cc1. The first-order chi connectivity index (χ1) is 16.0. The van der Waals surface area contributed by atoms with Crippen LogP contribution >= 0.6 is 11.6 Å². The number of carbonyl (C=O) groups excluding carboxylic acids is 1. The first-order valence-corrected chi connectivity index (χ1v) is 10.4. The van der Waals surface area contributed by atoms with Gasteiger partial charge in [-0.1, -0.05) is 54.1 Å². The molecule has 0 unspecified atom stereocenters. The molecular formula is C25H18ClN3O4. The number of nitro groups is 1. The van der Waals surface area contributed by atoms with E-state index in [9.17, 15) is 14.9 Å². The number of halogens is 1. The molecule has 0 bridgehead atoms. The second-order valence-corrected chi connectivity index (χ2v) is 7.55. The summed E-state index contributed by atoms with van der Waals surface area (Å²) >= 11 is 5.95. The van der Waals surface area contributed by atoms with Gasteiger partial charge in [0.2, 0.25) is 0 Å². The van der Waals surface area contributed by atoms with Crippen molar-refractivity contribution >= 4 is 40.2 Å². The van der Waals surface area contributed by atoms with E-state index in [4.69, 9.17) is 16.3 Å². The third-order valence-electron chi connectivity index (χ3n) is 4.94. The van der Waals surface area contributed by atoms with E-state index in [2.05, 4.69) is 10.5 Å². The highest BCUT2D eigenvalue weighted by molar-refractivity contribution is 6.30. The maximum absolute atomic E-state index is 12.4. The zero-order chi connectivity index (χ0) is 23.2. The number of amides is 1. The van der Waals surface area contributed by atoms with Crippen LogP contribution in [0.25, 0.3) is 10.8 Å². The Kier molecular flexibility index (Phi) is 6.61. The summed E-state index contributed by atoms with van der Waals surface area (Å²) < 4.78 is 6.04. The van der Waals surface area contributed by atoms with Gasteiger partial charge < -0.3 is 4.74 Å². The van der Waals surface area contributed by atoms with E-state index in [1.54, 1.807) is 12.1 Å². The number of ether oxygens (including phenoxy) is 1. The van der Waals surface area contributed by atoms with Crippen molar-refractivity contribution in [3.8, 4) is 5.75 Å². The number of carbonyl (C=O) groups is 1. The summed E-state index contributed by atoms with van der Waals surface area (Å²) in [4.78, 5) is 22.6. The van der Waals surface area contributed by atoms with Crippen LogP contribution in [0.15, 0.2) is 90.0 Å². The summed E-state index contributed by atoms with van der Waals surface area (Å²) in [6.07, 6.45) is 1.53. The number of nitrogens with zero attached hydrogens (tertiary/aromatic N) is 2. The molecule has 0 saturated heterocycles. The maximum atomic E-state index is 12.4.